The lowest BCUT2D eigenvalue weighted by Crippen LogP contribution is -2.48. The summed E-state index contributed by atoms with van der Waals surface area (Å²) < 4.78 is 0. The highest BCUT2D eigenvalue weighted by Crippen LogP contribution is 2.10. The van der Waals surface area contributed by atoms with Gasteiger partial charge in [-0.15, -0.1) is 0 Å². The van der Waals surface area contributed by atoms with Crippen LogP contribution in [0.25, 0.3) is 0 Å². The van der Waals surface area contributed by atoms with Crippen LogP contribution in [0.15, 0.2) is 60.7 Å². The molecule has 24 heavy (non-hydrogen) atoms. The minimum Gasteiger partial charge on any atom is -0.336 e. The number of unbranched alkanes of at least 4 members (excludes halogenated alkanes) is 1. The number of carbonyl (C=O) groups excluding carboxylic acids is 1. The second-order valence-electron chi connectivity index (χ2n) is 6.44. The van der Waals surface area contributed by atoms with E-state index in [0.717, 1.165) is 44.7 Å². The molecule has 0 aliphatic carbocycles. The van der Waals surface area contributed by atoms with Crippen molar-refractivity contribution in [2.75, 3.05) is 32.7 Å². The molecular weight excluding hydrogens is 296 g/mol. The fraction of sp³-hybridized carbons (Fsp3) is 0.381. The van der Waals surface area contributed by atoms with Gasteiger partial charge in [-0.05, 0) is 43.5 Å². The molecule has 1 fully saturated rings. The third-order valence-corrected chi connectivity index (χ3v) is 4.71. The monoisotopic (exact) mass is 322 g/mol. The molecule has 3 nitrogen and oxygen atoms in total. The van der Waals surface area contributed by atoms with E-state index in [2.05, 4.69) is 35.2 Å². The predicted octanol–water partition coefficient (Wildman–Crippen LogP) is 3.47. The number of hydrogen-bond acceptors (Lipinski definition) is 2. The highest BCUT2D eigenvalue weighted by Gasteiger charge is 2.21. The SMILES string of the molecule is O=C(c1ccccc1)N1CCN(CCCCc2ccccc2)CC1. The van der Waals surface area contributed by atoms with Crippen LogP contribution in [-0.2, 0) is 6.42 Å². The van der Waals surface area contributed by atoms with Gasteiger partial charge in [-0.1, -0.05) is 48.5 Å². The van der Waals surface area contributed by atoms with Crippen molar-refractivity contribution >= 4 is 5.91 Å². The maximum Gasteiger partial charge on any atom is 0.253 e. The summed E-state index contributed by atoms with van der Waals surface area (Å²) in [4.78, 5) is 16.9. The van der Waals surface area contributed by atoms with Gasteiger partial charge in [0.2, 0.25) is 0 Å². The summed E-state index contributed by atoms with van der Waals surface area (Å²) in [7, 11) is 0. The van der Waals surface area contributed by atoms with Gasteiger partial charge in [0.05, 0.1) is 0 Å². The van der Waals surface area contributed by atoms with Gasteiger partial charge >= 0.3 is 0 Å². The lowest BCUT2D eigenvalue weighted by molar-refractivity contribution is 0.0635. The molecule has 0 N–H and O–H groups in total. The van der Waals surface area contributed by atoms with Gasteiger partial charge in [0.15, 0.2) is 0 Å². The third kappa shape index (κ3) is 4.68. The van der Waals surface area contributed by atoms with Crippen molar-refractivity contribution in [3.8, 4) is 0 Å². The molecule has 0 bridgehead atoms. The van der Waals surface area contributed by atoms with Crippen molar-refractivity contribution in [3.63, 3.8) is 0 Å². The first-order valence-electron chi connectivity index (χ1n) is 8.93. The Morgan fingerprint density at radius 3 is 2.08 bits per heavy atom. The van der Waals surface area contributed by atoms with Crippen LogP contribution in [0.3, 0.4) is 0 Å². The van der Waals surface area contributed by atoms with Gasteiger partial charge in [-0.3, -0.25) is 9.69 Å². The minimum atomic E-state index is 0.166. The van der Waals surface area contributed by atoms with E-state index < -0.39 is 0 Å². The normalized spacial score (nSPS) is 15.4. The van der Waals surface area contributed by atoms with Crippen LogP contribution in [0, 0.1) is 0 Å². The van der Waals surface area contributed by atoms with Crippen molar-refractivity contribution in [1.29, 1.82) is 0 Å². The van der Waals surface area contributed by atoms with E-state index in [9.17, 15) is 4.79 Å². The summed E-state index contributed by atoms with van der Waals surface area (Å²) in [5, 5.41) is 0. The molecule has 1 saturated heterocycles. The fourth-order valence-electron chi connectivity index (χ4n) is 3.25. The Hall–Kier alpha value is -2.13. The van der Waals surface area contributed by atoms with Gasteiger partial charge in [0.1, 0.15) is 0 Å². The van der Waals surface area contributed by atoms with Gasteiger partial charge in [0, 0.05) is 31.7 Å². The van der Waals surface area contributed by atoms with E-state index in [1.807, 2.05) is 35.2 Å². The molecule has 2 aromatic carbocycles. The molecule has 1 aliphatic heterocycles. The Balaban J connectivity index is 1.36. The number of rotatable bonds is 6. The summed E-state index contributed by atoms with van der Waals surface area (Å²) in [6.45, 7) is 4.80. The van der Waals surface area contributed by atoms with Crippen molar-refractivity contribution in [1.82, 2.24) is 9.80 Å². The van der Waals surface area contributed by atoms with Crippen molar-refractivity contribution in [2.45, 2.75) is 19.3 Å². The first kappa shape index (κ1) is 16.7. The molecule has 1 heterocycles. The average Bonchev–Trinajstić information content (AvgIpc) is 2.67. The largest absolute Gasteiger partial charge is 0.336 e. The molecule has 0 spiro atoms. The standard InChI is InChI=1S/C21H26N2O/c24-21(20-12-5-2-6-13-20)23-17-15-22(16-18-23)14-8-7-11-19-9-3-1-4-10-19/h1-6,9-10,12-13H,7-8,11,14-18H2. The van der Waals surface area contributed by atoms with E-state index in [0.29, 0.717) is 0 Å². The second-order valence-corrected chi connectivity index (χ2v) is 6.44. The Morgan fingerprint density at radius 1 is 0.792 bits per heavy atom. The Bertz CT molecular complexity index is 619. The summed E-state index contributed by atoms with van der Waals surface area (Å²) >= 11 is 0. The molecule has 0 aromatic heterocycles. The smallest absolute Gasteiger partial charge is 0.253 e. The quantitative estimate of drug-likeness (QED) is 0.760. The number of carbonyl (C=O) groups is 1. The van der Waals surface area contributed by atoms with Crippen molar-refractivity contribution in [2.24, 2.45) is 0 Å². The van der Waals surface area contributed by atoms with Gasteiger partial charge in [-0.25, -0.2) is 0 Å². The number of nitrogens with zero attached hydrogens (tertiary/aromatic N) is 2. The zero-order valence-corrected chi connectivity index (χ0v) is 14.2. The van der Waals surface area contributed by atoms with Crippen LogP contribution >= 0.6 is 0 Å². The van der Waals surface area contributed by atoms with E-state index in [1.54, 1.807) is 0 Å². The topological polar surface area (TPSA) is 23.6 Å². The van der Waals surface area contributed by atoms with Crippen LogP contribution in [0.4, 0.5) is 0 Å². The van der Waals surface area contributed by atoms with Crippen molar-refractivity contribution in [3.05, 3.63) is 71.8 Å². The van der Waals surface area contributed by atoms with Crippen LogP contribution in [0.1, 0.15) is 28.8 Å². The van der Waals surface area contributed by atoms with Gasteiger partial charge in [0.25, 0.3) is 5.91 Å². The highest BCUT2D eigenvalue weighted by atomic mass is 16.2. The maximum atomic E-state index is 12.4. The van der Waals surface area contributed by atoms with Crippen LogP contribution in [0.5, 0.6) is 0 Å². The number of aryl methyl sites for hydroxylation is 1. The molecule has 3 rings (SSSR count). The maximum absolute atomic E-state index is 12.4. The molecule has 2 aromatic rings. The van der Waals surface area contributed by atoms with Crippen LogP contribution in [0.2, 0.25) is 0 Å². The van der Waals surface area contributed by atoms with E-state index in [4.69, 9.17) is 0 Å². The molecule has 3 heteroatoms. The molecule has 0 radical (unpaired) electrons. The van der Waals surface area contributed by atoms with E-state index in [1.165, 1.54) is 18.4 Å². The predicted molar refractivity (Wildman–Crippen MR) is 98.2 cm³/mol. The third-order valence-electron chi connectivity index (χ3n) is 4.71. The fourth-order valence-corrected chi connectivity index (χ4v) is 3.25. The van der Waals surface area contributed by atoms with Crippen LogP contribution in [-0.4, -0.2) is 48.4 Å². The summed E-state index contributed by atoms with van der Waals surface area (Å²) in [6.07, 6.45) is 3.61. The Morgan fingerprint density at radius 2 is 1.42 bits per heavy atom. The minimum absolute atomic E-state index is 0.166. The van der Waals surface area contributed by atoms with Gasteiger partial charge in [-0.2, -0.15) is 0 Å². The molecule has 1 amide bonds. The first-order chi connectivity index (χ1) is 11.8. The summed E-state index contributed by atoms with van der Waals surface area (Å²) in [5.41, 5.74) is 2.23. The number of benzene rings is 2. The number of piperazine rings is 1. The summed E-state index contributed by atoms with van der Waals surface area (Å²) in [6, 6.07) is 20.3. The average molecular weight is 322 g/mol. The highest BCUT2D eigenvalue weighted by molar-refractivity contribution is 5.94. The number of amides is 1. The lowest BCUT2D eigenvalue weighted by atomic mass is 10.1. The first-order valence-corrected chi connectivity index (χ1v) is 8.93. The molecular formula is C21H26N2O. The Kier molecular flexibility index (Phi) is 6.02. The molecule has 0 saturated carbocycles. The molecule has 1 aliphatic rings. The van der Waals surface area contributed by atoms with Gasteiger partial charge < -0.3 is 4.90 Å². The zero-order valence-electron chi connectivity index (χ0n) is 14.2. The lowest BCUT2D eigenvalue weighted by Gasteiger charge is -2.34. The zero-order chi connectivity index (χ0) is 16.6. The second kappa shape index (κ2) is 8.65. The van der Waals surface area contributed by atoms with E-state index in [-0.39, 0.29) is 5.91 Å². The molecule has 126 valence electrons. The van der Waals surface area contributed by atoms with Crippen molar-refractivity contribution < 1.29 is 4.79 Å². The molecule has 0 atom stereocenters. The van der Waals surface area contributed by atoms with E-state index >= 15 is 0 Å². The van der Waals surface area contributed by atoms with Crippen LogP contribution < -0.4 is 0 Å². The Labute approximate surface area is 144 Å². The molecule has 0 unspecified atom stereocenters. The summed E-state index contributed by atoms with van der Waals surface area (Å²) in [5.74, 6) is 0.166. The number of hydrogen-bond donors (Lipinski definition) is 0.